The zero-order valence-corrected chi connectivity index (χ0v) is 16.3. The van der Waals surface area contributed by atoms with Gasteiger partial charge in [-0.3, -0.25) is 9.59 Å². The van der Waals surface area contributed by atoms with E-state index in [9.17, 15) is 9.59 Å². The number of carbonyl (C=O) groups is 1. The van der Waals surface area contributed by atoms with Gasteiger partial charge in [-0.2, -0.15) is 9.61 Å². The van der Waals surface area contributed by atoms with E-state index < -0.39 is 0 Å². The number of carbonyl (C=O) groups excluding carboxylic acids is 1. The van der Waals surface area contributed by atoms with Gasteiger partial charge in [0.1, 0.15) is 0 Å². The van der Waals surface area contributed by atoms with E-state index >= 15 is 0 Å². The summed E-state index contributed by atoms with van der Waals surface area (Å²) in [7, 11) is 0. The molecule has 4 rings (SSSR count). The molecule has 3 aromatic heterocycles. The quantitative estimate of drug-likeness (QED) is 0.735. The van der Waals surface area contributed by atoms with Crippen molar-refractivity contribution in [3.8, 4) is 0 Å². The molecule has 1 aliphatic rings. The fourth-order valence-electron chi connectivity index (χ4n) is 3.53. The highest BCUT2D eigenvalue weighted by molar-refractivity contribution is 5.93. The molecule has 8 nitrogen and oxygen atoms in total. The molecule has 0 aromatic carbocycles. The van der Waals surface area contributed by atoms with Crippen molar-refractivity contribution in [2.45, 2.75) is 44.9 Å². The number of aromatic amines is 1. The Balaban J connectivity index is 1.51. The van der Waals surface area contributed by atoms with Crippen LogP contribution in [0.5, 0.6) is 0 Å². The van der Waals surface area contributed by atoms with Gasteiger partial charge in [0.25, 0.3) is 5.91 Å². The van der Waals surface area contributed by atoms with Gasteiger partial charge in [0.05, 0.1) is 11.3 Å². The summed E-state index contributed by atoms with van der Waals surface area (Å²) in [6, 6.07) is 6.90. The number of H-pyrrole nitrogens is 1. The van der Waals surface area contributed by atoms with E-state index in [1.807, 2.05) is 21.5 Å². The van der Waals surface area contributed by atoms with Crippen LogP contribution < -0.4 is 5.56 Å². The number of nitrogens with zero attached hydrogens (tertiary/aromatic N) is 5. The lowest BCUT2D eigenvalue weighted by Gasteiger charge is -2.31. The molecule has 0 aliphatic carbocycles. The van der Waals surface area contributed by atoms with E-state index in [-0.39, 0.29) is 22.8 Å². The fourth-order valence-corrected chi connectivity index (χ4v) is 3.53. The average Bonchev–Trinajstić information content (AvgIpc) is 3.11. The van der Waals surface area contributed by atoms with E-state index in [0.717, 1.165) is 30.0 Å². The van der Waals surface area contributed by atoms with E-state index in [0.29, 0.717) is 18.7 Å². The molecule has 146 valence electrons. The number of hydrogen-bond acceptors (Lipinski definition) is 5. The highest BCUT2D eigenvalue weighted by Crippen LogP contribution is 2.28. The molecule has 8 heteroatoms. The Kier molecular flexibility index (Phi) is 4.49. The van der Waals surface area contributed by atoms with Crippen LogP contribution in [0.2, 0.25) is 0 Å². The third-order valence-electron chi connectivity index (χ3n) is 5.23. The van der Waals surface area contributed by atoms with Crippen LogP contribution in [0.4, 0.5) is 0 Å². The van der Waals surface area contributed by atoms with E-state index in [4.69, 9.17) is 5.10 Å². The van der Waals surface area contributed by atoms with Gasteiger partial charge in [-0.15, -0.1) is 10.2 Å². The number of aromatic nitrogens is 5. The Morgan fingerprint density at radius 3 is 2.50 bits per heavy atom. The summed E-state index contributed by atoms with van der Waals surface area (Å²) in [4.78, 5) is 28.2. The van der Waals surface area contributed by atoms with Crippen molar-refractivity contribution in [3.05, 3.63) is 57.9 Å². The van der Waals surface area contributed by atoms with Crippen LogP contribution >= 0.6 is 0 Å². The zero-order valence-electron chi connectivity index (χ0n) is 16.3. The maximum atomic E-state index is 12.6. The van der Waals surface area contributed by atoms with Crippen molar-refractivity contribution in [2.75, 3.05) is 13.1 Å². The minimum Gasteiger partial charge on any atom is -0.339 e. The summed E-state index contributed by atoms with van der Waals surface area (Å²) in [5.41, 5.74) is 1.97. The van der Waals surface area contributed by atoms with Gasteiger partial charge < -0.3 is 9.88 Å². The molecule has 0 radical (unpaired) electrons. The molecule has 3 aromatic rings. The van der Waals surface area contributed by atoms with Gasteiger partial charge >= 0.3 is 0 Å². The molecule has 28 heavy (non-hydrogen) atoms. The first-order chi connectivity index (χ1) is 13.3. The number of piperidine rings is 1. The number of rotatable bonds is 2. The first kappa shape index (κ1) is 18.3. The molecule has 4 heterocycles. The Morgan fingerprint density at radius 2 is 1.86 bits per heavy atom. The SMILES string of the molecule is CC(C)(C)c1ccc2nnc(C3CCN(C(=O)c4ccc(=O)[nH]c4)CC3)n2n1. The first-order valence-corrected chi connectivity index (χ1v) is 9.54. The van der Waals surface area contributed by atoms with Crippen LogP contribution in [0, 0.1) is 0 Å². The Labute approximate surface area is 162 Å². The van der Waals surface area contributed by atoms with Crippen molar-refractivity contribution in [1.82, 2.24) is 29.7 Å². The number of amides is 1. The van der Waals surface area contributed by atoms with Crippen molar-refractivity contribution < 1.29 is 4.79 Å². The van der Waals surface area contributed by atoms with Gasteiger partial charge in [0.15, 0.2) is 11.5 Å². The zero-order chi connectivity index (χ0) is 19.9. The van der Waals surface area contributed by atoms with E-state index in [1.165, 1.54) is 12.3 Å². The normalized spacial score (nSPS) is 15.9. The second-order valence-electron chi connectivity index (χ2n) is 8.30. The summed E-state index contributed by atoms with van der Waals surface area (Å²) in [6.07, 6.45) is 3.08. The standard InChI is InChI=1S/C20H24N6O2/c1-20(2,3)15-5-6-16-22-23-18(26(16)24-15)13-8-10-25(11-9-13)19(28)14-4-7-17(27)21-12-14/h4-7,12-13H,8-11H2,1-3H3,(H,21,27). The van der Waals surface area contributed by atoms with Crippen LogP contribution in [0.15, 0.2) is 35.3 Å². The lowest BCUT2D eigenvalue weighted by Crippen LogP contribution is -2.38. The molecule has 0 bridgehead atoms. The van der Waals surface area contributed by atoms with Crippen molar-refractivity contribution >= 4 is 11.6 Å². The number of likely N-dealkylation sites (tertiary alicyclic amines) is 1. The van der Waals surface area contributed by atoms with Crippen LogP contribution in [-0.2, 0) is 5.41 Å². The average molecular weight is 380 g/mol. The third-order valence-corrected chi connectivity index (χ3v) is 5.23. The van der Waals surface area contributed by atoms with Crippen LogP contribution in [0.25, 0.3) is 5.65 Å². The monoisotopic (exact) mass is 380 g/mol. The third kappa shape index (κ3) is 3.42. The number of fused-ring (bicyclic) bond motifs is 1. The van der Waals surface area contributed by atoms with Crippen molar-refractivity contribution in [1.29, 1.82) is 0 Å². The summed E-state index contributed by atoms with van der Waals surface area (Å²) in [6.45, 7) is 7.66. The minimum absolute atomic E-state index is 0.0534. The molecule has 1 saturated heterocycles. The summed E-state index contributed by atoms with van der Waals surface area (Å²) in [5.74, 6) is 1.00. The lowest BCUT2D eigenvalue weighted by molar-refractivity contribution is 0.0710. The Hall–Kier alpha value is -3.03. The summed E-state index contributed by atoms with van der Waals surface area (Å²) >= 11 is 0. The Morgan fingerprint density at radius 1 is 1.11 bits per heavy atom. The molecular formula is C20H24N6O2. The lowest BCUT2D eigenvalue weighted by atomic mass is 9.92. The molecule has 1 aliphatic heterocycles. The van der Waals surface area contributed by atoms with Crippen molar-refractivity contribution in [3.63, 3.8) is 0 Å². The maximum absolute atomic E-state index is 12.6. The van der Waals surface area contributed by atoms with E-state index in [2.05, 4.69) is 36.0 Å². The predicted octanol–water partition coefficient (Wildman–Crippen LogP) is 2.13. The number of hydrogen-bond donors (Lipinski definition) is 1. The highest BCUT2D eigenvalue weighted by atomic mass is 16.2. The molecule has 0 saturated carbocycles. The highest BCUT2D eigenvalue weighted by Gasteiger charge is 2.28. The summed E-state index contributed by atoms with van der Waals surface area (Å²) in [5, 5.41) is 13.4. The second kappa shape index (κ2) is 6.85. The smallest absolute Gasteiger partial charge is 0.255 e. The van der Waals surface area contributed by atoms with E-state index in [1.54, 1.807) is 6.07 Å². The topological polar surface area (TPSA) is 96.2 Å². The number of pyridine rings is 1. The molecule has 0 atom stereocenters. The van der Waals surface area contributed by atoms with Gasteiger partial charge in [0.2, 0.25) is 5.56 Å². The predicted molar refractivity (Wildman–Crippen MR) is 104 cm³/mol. The Bertz CT molecular complexity index is 1050. The fraction of sp³-hybridized carbons (Fsp3) is 0.450. The molecule has 1 fully saturated rings. The molecule has 0 spiro atoms. The maximum Gasteiger partial charge on any atom is 0.255 e. The molecule has 0 unspecified atom stereocenters. The number of nitrogens with one attached hydrogen (secondary N) is 1. The minimum atomic E-state index is -0.212. The van der Waals surface area contributed by atoms with Crippen LogP contribution in [-0.4, -0.2) is 48.7 Å². The van der Waals surface area contributed by atoms with Gasteiger partial charge in [-0.05, 0) is 31.0 Å². The van der Waals surface area contributed by atoms with Gasteiger partial charge in [0, 0.05) is 36.7 Å². The second-order valence-corrected chi connectivity index (χ2v) is 8.30. The molecular weight excluding hydrogens is 356 g/mol. The van der Waals surface area contributed by atoms with Gasteiger partial charge in [-0.1, -0.05) is 20.8 Å². The summed E-state index contributed by atoms with van der Waals surface area (Å²) < 4.78 is 1.85. The van der Waals surface area contributed by atoms with Crippen LogP contribution in [0.1, 0.15) is 61.4 Å². The van der Waals surface area contributed by atoms with Gasteiger partial charge in [-0.25, -0.2) is 0 Å². The largest absolute Gasteiger partial charge is 0.339 e. The molecule has 1 N–H and O–H groups in total. The first-order valence-electron chi connectivity index (χ1n) is 9.54. The van der Waals surface area contributed by atoms with Crippen LogP contribution in [0.3, 0.4) is 0 Å². The van der Waals surface area contributed by atoms with Crippen molar-refractivity contribution in [2.24, 2.45) is 0 Å². The molecule has 1 amide bonds.